The zero-order valence-corrected chi connectivity index (χ0v) is 13.9. The van der Waals surface area contributed by atoms with Gasteiger partial charge in [-0.2, -0.15) is 0 Å². The highest BCUT2D eigenvalue weighted by Crippen LogP contribution is 2.55. The quantitative estimate of drug-likeness (QED) is 0.284. The van der Waals surface area contributed by atoms with Gasteiger partial charge in [0.2, 0.25) is 5.75 Å². The summed E-state index contributed by atoms with van der Waals surface area (Å²) >= 11 is 0. The molecule has 2 aliphatic rings. The zero-order valence-electron chi connectivity index (χ0n) is 13.9. The van der Waals surface area contributed by atoms with Crippen LogP contribution in [-0.2, 0) is 12.8 Å². The summed E-state index contributed by atoms with van der Waals surface area (Å²) in [5.41, 5.74) is 2.57. The van der Waals surface area contributed by atoms with Crippen LogP contribution in [0.4, 0.5) is 0 Å². The van der Waals surface area contributed by atoms with E-state index in [1.165, 1.54) is 18.2 Å². The Morgan fingerprint density at radius 1 is 0.556 bits per heavy atom. The van der Waals surface area contributed by atoms with Gasteiger partial charge in [-0.05, 0) is 11.6 Å². The smallest absolute Gasteiger partial charge is 0.211 e. The van der Waals surface area contributed by atoms with Gasteiger partial charge >= 0.3 is 0 Å². The van der Waals surface area contributed by atoms with Crippen LogP contribution >= 0.6 is 0 Å². The molecule has 0 bridgehead atoms. The molecule has 0 saturated heterocycles. The van der Waals surface area contributed by atoms with E-state index in [2.05, 4.69) is 0 Å². The van der Waals surface area contributed by atoms with E-state index >= 15 is 0 Å². The second-order valence-corrected chi connectivity index (χ2v) is 6.63. The molecule has 0 radical (unpaired) electrons. The van der Waals surface area contributed by atoms with Crippen LogP contribution in [0.1, 0.15) is 22.3 Å². The molecule has 3 aromatic rings. The van der Waals surface area contributed by atoms with Gasteiger partial charge in [0.1, 0.15) is 23.0 Å². The molecule has 0 atom stereocenters. The summed E-state index contributed by atoms with van der Waals surface area (Å²) in [6.45, 7) is 0. The predicted octanol–water partition coefficient (Wildman–Crippen LogP) is 3.61. The van der Waals surface area contributed by atoms with Crippen molar-refractivity contribution < 1.29 is 35.0 Å². The zero-order chi connectivity index (χ0) is 18.9. The highest BCUT2D eigenvalue weighted by Gasteiger charge is 2.32. The van der Waals surface area contributed by atoms with Crippen LogP contribution in [0.2, 0.25) is 0 Å². The van der Waals surface area contributed by atoms with Gasteiger partial charge < -0.3 is 35.0 Å². The Hall–Kier alpha value is -3.74. The summed E-state index contributed by atoms with van der Waals surface area (Å²) in [5.74, 6) is 0.196. The molecule has 5 N–H and O–H groups in total. The first-order valence-corrected chi connectivity index (χ1v) is 8.24. The fourth-order valence-electron chi connectivity index (χ4n) is 3.69. The average molecular weight is 366 g/mol. The molecule has 1 aliphatic heterocycles. The molecule has 1 aliphatic carbocycles. The molecule has 1 heterocycles. The third kappa shape index (κ3) is 2.21. The van der Waals surface area contributed by atoms with Gasteiger partial charge in [0.15, 0.2) is 23.0 Å². The Bertz CT molecular complexity index is 1130. The molecule has 3 aromatic carbocycles. The number of hydrogen-bond acceptors (Lipinski definition) is 7. The van der Waals surface area contributed by atoms with Gasteiger partial charge in [-0.1, -0.05) is 0 Å². The highest BCUT2D eigenvalue weighted by atomic mass is 16.6. The van der Waals surface area contributed by atoms with Gasteiger partial charge in [-0.25, -0.2) is 0 Å². The van der Waals surface area contributed by atoms with Crippen molar-refractivity contribution in [1.82, 2.24) is 0 Å². The van der Waals surface area contributed by atoms with E-state index in [4.69, 9.17) is 9.47 Å². The SMILES string of the molecule is Oc1cc(O)c2c(c1)Cc1c(O)cc3c(c1C2)Oc1cc(O)cc(O)c1O3. The molecule has 0 spiro atoms. The summed E-state index contributed by atoms with van der Waals surface area (Å²) in [7, 11) is 0. The second kappa shape index (κ2) is 5.14. The van der Waals surface area contributed by atoms with Crippen molar-refractivity contribution in [2.24, 2.45) is 0 Å². The van der Waals surface area contributed by atoms with Crippen LogP contribution in [0.15, 0.2) is 30.3 Å². The lowest BCUT2D eigenvalue weighted by Crippen LogP contribution is -2.12. The van der Waals surface area contributed by atoms with E-state index in [0.29, 0.717) is 34.4 Å². The normalized spacial score (nSPS) is 13.5. The minimum atomic E-state index is -0.286. The molecular formula is C20H14O7. The van der Waals surface area contributed by atoms with Gasteiger partial charge in [0.05, 0.1) is 0 Å². The number of hydrogen-bond donors (Lipinski definition) is 5. The molecule has 5 rings (SSSR count). The van der Waals surface area contributed by atoms with Gasteiger partial charge in [-0.15, -0.1) is 0 Å². The van der Waals surface area contributed by atoms with E-state index in [9.17, 15) is 25.5 Å². The standard InChI is InChI=1S/C20H14O7/c21-9-1-8-2-12-13(6-11(8)14(23)3-9)19-18(7-15(12)24)27-20-16(25)4-10(22)5-17(20)26-19/h1,3-5,7,21-25H,2,6H2. The molecule has 136 valence electrons. The van der Waals surface area contributed by atoms with Crippen LogP contribution in [0.3, 0.4) is 0 Å². The average Bonchev–Trinajstić information content (AvgIpc) is 2.60. The number of phenols is 5. The minimum Gasteiger partial charge on any atom is -0.508 e. The molecule has 7 nitrogen and oxygen atoms in total. The van der Waals surface area contributed by atoms with E-state index in [-0.39, 0.29) is 52.4 Å². The Labute approximate surface area is 152 Å². The fourth-order valence-corrected chi connectivity index (χ4v) is 3.69. The molecule has 7 heteroatoms. The predicted molar refractivity (Wildman–Crippen MR) is 93.4 cm³/mol. The summed E-state index contributed by atoms with van der Waals surface area (Å²) in [6.07, 6.45) is 0.560. The molecular weight excluding hydrogens is 352 g/mol. The van der Waals surface area contributed by atoms with Crippen molar-refractivity contribution in [1.29, 1.82) is 0 Å². The second-order valence-electron chi connectivity index (χ2n) is 6.63. The fraction of sp³-hybridized carbons (Fsp3) is 0.100. The lowest BCUT2D eigenvalue weighted by atomic mass is 9.84. The molecule has 0 aromatic heterocycles. The number of fused-ring (bicyclic) bond motifs is 5. The highest BCUT2D eigenvalue weighted by molar-refractivity contribution is 5.69. The summed E-state index contributed by atoms with van der Waals surface area (Å²) in [5, 5.41) is 50.1. The topological polar surface area (TPSA) is 120 Å². The van der Waals surface area contributed by atoms with E-state index in [1.807, 2.05) is 0 Å². The first kappa shape index (κ1) is 15.5. The maximum absolute atomic E-state index is 10.5. The number of phenolic OH excluding ortho intramolecular Hbond substituents is 5. The van der Waals surface area contributed by atoms with E-state index in [0.717, 1.165) is 6.07 Å². The van der Waals surface area contributed by atoms with Crippen molar-refractivity contribution in [3.63, 3.8) is 0 Å². The largest absolute Gasteiger partial charge is 0.508 e. The molecule has 0 saturated carbocycles. The van der Waals surface area contributed by atoms with Crippen LogP contribution in [0.5, 0.6) is 51.7 Å². The first-order valence-electron chi connectivity index (χ1n) is 8.24. The third-order valence-corrected chi connectivity index (χ3v) is 4.91. The maximum Gasteiger partial charge on any atom is 0.211 e. The van der Waals surface area contributed by atoms with Crippen LogP contribution < -0.4 is 9.47 Å². The maximum atomic E-state index is 10.5. The van der Waals surface area contributed by atoms with Gasteiger partial charge in [-0.3, -0.25) is 0 Å². The molecule has 0 amide bonds. The molecule has 0 fully saturated rings. The van der Waals surface area contributed by atoms with Crippen molar-refractivity contribution >= 4 is 0 Å². The Balaban J connectivity index is 1.68. The van der Waals surface area contributed by atoms with Crippen molar-refractivity contribution in [2.75, 3.05) is 0 Å². The Morgan fingerprint density at radius 2 is 1.19 bits per heavy atom. The van der Waals surface area contributed by atoms with Gasteiger partial charge in [0.25, 0.3) is 0 Å². The Kier molecular flexibility index (Phi) is 2.95. The summed E-state index contributed by atoms with van der Waals surface area (Å²) < 4.78 is 11.6. The molecule has 0 unspecified atom stereocenters. The molecule has 27 heavy (non-hydrogen) atoms. The van der Waals surface area contributed by atoms with E-state index < -0.39 is 0 Å². The van der Waals surface area contributed by atoms with Crippen LogP contribution in [0.25, 0.3) is 0 Å². The lowest BCUT2D eigenvalue weighted by Gasteiger charge is -2.28. The first-order chi connectivity index (χ1) is 12.9. The number of ether oxygens (including phenoxy) is 2. The van der Waals surface area contributed by atoms with E-state index in [1.54, 1.807) is 6.07 Å². The van der Waals surface area contributed by atoms with Gasteiger partial charge in [0, 0.05) is 53.8 Å². The number of aromatic hydroxyl groups is 5. The third-order valence-electron chi connectivity index (χ3n) is 4.91. The number of rotatable bonds is 0. The van der Waals surface area contributed by atoms with Crippen LogP contribution in [0, 0.1) is 0 Å². The lowest BCUT2D eigenvalue weighted by molar-refractivity contribution is 0.327. The summed E-state index contributed by atoms with van der Waals surface area (Å²) in [4.78, 5) is 0. The van der Waals surface area contributed by atoms with Crippen molar-refractivity contribution in [2.45, 2.75) is 12.8 Å². The van der Waals surface area contributed by atoms with Crippen molar-refractivity contribution in [3.8, 4) is 51.7 Å². The van der Waals surface area contributed by atoms with Crippen LogP contribution in [-0.4, -0.2) is 25.5 Å². The monoisotopic (exact) mass is 366 g/mol. The van der Waals surface area contributed by atoms with Crippen molar-refractivity contribution in [3.05, 3.63) is 52.6 Å². The minimum absolute atomic E-state index is 0.0115. The Morgan fingerprint density at radius 3 is 2.00 bits per heavy atom. The summed E-state index contributed by atoms with van der Waals surface area (Å²) in [6, 6.07) is 6.67. The number of benzene rings is 3.